The van der Waals surface area contributed by atoms with Crippen LogP contribution in [0.15, 0.2) is 108 Å². The summed E-state index contributed by atoms with van der Waals surface area (Å²) in [5.74, 6) is -0.850. The molecule has 47 heavy (non-hydrogen) atoms. The number of benzene rings is 4. The average Bonchev–Trinajstić information content (AvgIpc) is 3.07. The van der Waals surface area contributed by atoms with Crippen LogP contribution in [0.25, 0.3) is 0 Å². The fourth-order valence-electron chi connectivity index (χ4n) is 5.02. The maximum Gasteiger partial charge on any atom is 0.264 e. The number of anilines is 1. The molecule has 0 bridgehead atoms. The van der Waals surface area contributed by atoms with E-state index >= 15 is 0 Å². The molecule has 0 fully saturated rings. The smallest absolute Gasteiger partial charge is 0.264 e. The van der Waals surface area contributed by atoms with E-state index in [2.05, 4.69) is 5.32 Å². The van der Waals surface area contributed by atoms with Crippen LogP contribution in [0.2, 0.25) is 0 Å². The Labute approximate surface area is 277 Å². The first-order chi connectivity index (χ1) is 22.5. The molecule has 4 aromatic carbocycles. The molecular weight excluding hydrogens is 617 g/mol. The SMILES string of the molecule is CCOc1ccc(N(CC(=O)N(Cc2ccc(F)cc2)C(Cc2ccccc2)C(=O)NC(C)CC)S(=O)(=O)c2ccc(C)cc2)cc1. The molecular formula is C37H42FN3O5S. The van der Waals surface area contributed by atoms with E-state index in [0.717, 1.165) is 15.4 Å². The summed E-state index contributed by atoms with van der Waals surface area (Å²) in [6.45, 7) is 7.33. The van der Waals surface area contributed by atoms with Crippen molar-refractivity contribution in [2.45, 2.75) is 64.1 Å². The molecule has 0 aromatic heterocycles. The molecule has 0 aliphatic heterocycles. The second kappa shape index (κ2) is 16.2. The summed E-state index contributed by atoms with van der Waals surface area (Å²) in [6, 6.07) is 26.7. The molecule has 10 heteroatoms. The Hall–Kier alpha value is -4.70. The van der Waals surface area contributed by atoms with Gasteiger partial charge >= 0.3 is 0 Å². The van der Waals surface area contributed by atoms with Gasteiger partial charge in [0.15, 0.2) is 0 Å². The zero-order valence-electron chi connectivity index (χ0n) is 27.2. The van der Waals surface area contributed by atoms with Crippen molar-refractivity contribution >= 4 is 27.5 Å². The van der Waals surface area contributed by atoms with Crippen molar-refractivity contribution in [2.24, 2.45) is 0 Å². The highest BCUT2D eigenvalue weighted by molar-refractivity contribution is 7.92. The molecule has 0 saturated carbocycles. The van der Waals surface area contributed by atoms with Gasteiger partial charge in [-0.2, -0.15) is 0 Å². The van der Waals surface area contributed by atoms with Crippen molar-refractivity contribution in [3.8, 4) is 5.75 Å². The van der Waals surface area contributed by atoms with Crippen LogP contribution in [0.3, 0.4) is 0 Å². The molecule has 0 aliphatic rings. The highest BCUT2D eigenvalue weighted by atomic mass is 32.2. The summed E-state index contributed by atoms with van der Waals surface area (Å²) >= 11 is 0. The zero-order valence-corrected chi connectivity index (χ0v) is 28.0. The quantitative estimate of drug-likeness (QED) is 0.162. The maximum atomic E-state index is 14.5. The van der Waals surface area contributed by atoms with Crippen LogP contribution in [0, 0.1) is 12.7 Å². The van der Waals surface area contributed by atoms with Crippen LogP contribution in [-0.2, 0) is 32.6 Å². The lowest BCUT2D eigenvalue weighted by atomic mass is 10.0. The van der Waals surface area contributed by atoms with Gasteiger partial charge in [0.2, 0.25) is 11.8 Å². The van der Waals surface area contributed by atoms with Gasteiger partial charge in [0.05, 0.1) is 17.2 Å². The van der Waals surface area contributed by atoms with E-state index in [0.29, 0.717) is 24.3 Å². The maximum absolute atomic E-state index is 14.5. The second-order valence-corrected chi connectivity index (χ2v) is 13.3. The Morgan fingerprint density at radius 3 is 2.09 bits per heavy atom. The van der Waals surface area contributed by atoms with E-state index in [1.807, 2.05) is 58.0 Å². The number of hydrogen-bond donors (Lipinski definition) is 1. The van der Waals surface area contributed by atoms with Crippen molar-refractivity contribution < 1.29 is 27.1 Å². The van der Waals surface area contributed by atoms with E-state index < -0.39 is 34.3 Å². The lowest BCUT2D eigenvalue weighted by molar-refractivity contribution is -0.140. The predicted octanol–water partition coefficient (Wildman–Crippen LogP) is 6.28. The van der Waals surface area contributed by atoms with Gasteiger partial charge < -0.3 is 15.0 Å². The Balaban J connectivity index is 1.80. The number of sulfonamides is 1. The molecule has 2 atom stereocenters. The second-order valence-electron chi connectivity index (χ2n) is 11.4. The first-order valence-corrected chi connectivity index (χ1v) is 17.2. The van der Waals surface area contributed by atoms with E-state index in [1.54, 1.807) is 48.5 Å². The summed E-state index contributed by atoms with van der Waals surface area (Å²) < 4.78 is 48.9. The van der Waals surface area contributed by atoms with Crippen molar-refractivity contribution in [2.75, 3.05) is 17.5 Å². The number of nitrogens with zero attached hydrogens (tertiary/aromatic N) is 2. The van der Waals surface area contributed by atoms with Crippen molar-refractivity contribution in [1.82, 2.24) is 10.2 Å². The molecule has 2 unspecified atom stereocenters. The number of rotatable bonds is 15. The van der Waals surface area contributed by atoms with Crippen LogP contribution in [0.1, 0.15) is 43.9 Å². The number of aryl methyl sites for hydroxylation is 1. The minimum atomic E-state index is -4.24. The van der Waals surface area contributed by atoms with Gasteiger partial charge in [0.1, 0.15) is 24.2 Å². The number of amides is 2. The number of carbonyl (C=O) groups excluding carboxylic acids is 2. The summed E-state index contributed by atoms with van der Waals surface area (Å²) in [5, 5.41) is 3.01. The van der Waals surface area contributed by atoms with Crippen LogP contribution in [-0.4, -0.2) is 50.4 Å². The molecule has 8 nitrogen and oxygen atoms in total. The first-order valence-electron chi connectivity index (χ1n) is 15.7. The number of ether oxygens (including phenoxy) is 1. The Morgan fingerprint density at radius 2 is 1.49 bits per heavy atom. The third kappa shape index (κ3) is 9.42. The molecule has 0 spiro atoms. The van der Waals surface area contributed by atoms with E-state index in [-0.39, 0.29) is 35.5 Å². The molecule has 4 aromatic rings. The highest BCUT2D eigenvalue weighted by Crippen LogP contribution is 2.27. The van der Waals surface area contributed by atoms with Gasteiger partial charge in [-0.05, 0) is 86.8 Å². The summed E-state index contributed by atoms with van der Waals surface area (Å²) in [4.78, 5) is 29.8. The van der Waals surface area contributed by atoms with Gasteiger partial charge in [-0.15, -0.1) is 0 Å². The topological polar surface area (TPSA) is 96.0 Å². The van der Waals surface area contributed by atoms with Crippen molar-refractivity contribution in [3.63, 3.8) is 0 Å². The Kier molecular flexibility index (Phi) is 12.1. The highest BCUT2D eigenvalue weighted by Gasteiger charge is 2.35. The van der Waals surface area contributed by atoms with Crippen LogP contribution < -0.4 is 14.4 Å². The van der Waals surface area contributed by atoms with E-state index in [1.165, 1.54) is 29.2 Å². The molecule has 1 N–H and O–H groups in total. The number of hydrogen-bond acceptors (Lipinski definition) is 5. The van der Waals surface area contributed by atoms with Gasteiger partial charge in [-0.25, -0.2) is 12.8 Å². The average molecular weight is 660 g/mol. The summed E-state index contributed by atoms with van der Waals surface area (Å²) in [7, 11) is -4.24. The van der Waals surface area contributed by atoms with Crippen molar-refractivity contribution in [3.05, 3.63) is 126 Å². The number of carbonyl (C=O) groups is 2. The van der Waals surface area contributed by atoms with Gasteiger partial charge in [0, 0.05) is 19.0 Å². The molecule has 4 rings (SSSR count). The fourth-order valence-corrected chi connectivity index (χ4v) is 6.44. The molecule has 0 saturated heterocycles. The van der Waals surface area contributed by atoms with Gasteiger partial charge in [-0.1, -0.05) is 67.1 Å². The number of nitrogens with one attached hydrogen (secondary N) is 1. The van der Waals surface area contributed by atoms with E-state index in [4.69, 9.17) is 4.74 Å². The Morgan fingerprint density at radius 1 is 0.851 bits per heavy atom. The third-order valence-corrected chi connectivity index (χ3v) is 9.65. The minimum absolute atomic E-state index is 0.0187. The van der Waals surface area contributed by atoms with Gasteiger partial charge in [0.25, 0.3) is 10.0 Å². The fraction of sp³-hybridized carbons (Fsp3) is 0.297. The Bertz CT molecular complexity index is 1720. The van der Waals surface area contributed by atoms with Crippen LogP contribution >= 0.6 is 0 Å². The monoisotopic (exact) mass is 659 g/mol. The molecule has 0 heterocycles. The van der Waals surface area contributed by atoms with E-state index in [9.17, 15) is 22.4 Å². The minimum Gasteiger partial charge on any atom is -0.494 e. The zero-order chi connectivity index (χ0) is 34.0. The summed E-state index contributed by atoms with van der Waals surface area (Å²) in [6.07, 6.45) is 0.861. The molecule has 248 valence electrons. The van der Waals surface area contributed by atoms with Crippen molar-refractivity contribution in [1.29, 1.82) is 0 Å². The van der Waals surface area contributed by atoms with Crippen LogP contribution in [0.5, 0.6) is 5.75 Å². The normalized spacial score (nSPS) is 12.5. The lowest BCUT2D eigenvalue weighted by Gasteiger charge is -2.34. The third-order valence-electron chi connectivity index (χ3n) is 7.86. The predicted molar refractivity (Wildman–Crippen MR) is 182 cm³/mol. The molecule has 2 amide bonds. The lowest BCUT2D eigenvalue weighted by Crippen LogP contribution is -2.54. The molecule has 0 radical (unpaired) electrons. The molecule has 0 aliphatic carbocycles. The van der Waals surface area contributed by atoms with Gasteiger partial charge in [-0.3, -0.25) is 13.9 Å². The van der Waals surface area contributed by atoms with Crippen LogP contribution in [0.4, 0.5) is 10.1 Å². The number of halogens is 1. The standard InChI is InChI=1S/C37H42FN3O5S/c1-5-28(4)39-37(43)35(24-29-10-8-7-9-11-29)40(25-30-14-16-31(38)17-15-30)36(42)26-41(32-18-20-33(21-19-32)46-6-2)47(44,45)34-22-12-27(3)13-23-34/h7-23,28,35H,5-6,24-26H2,1-4H3,(H,39,43). The largest absolute Gasteiger partial charge is 0.494 e. The summed E-state index contributed by atoms with van der Waals surface area (Å²) in [5.41, 5.74) is 2.55. The first kappa shape index (κ1) is 35.2.